The molecule has 0 fully saturated rings. The summed E-state index contributed by atoms with van der Waals surface area (Å²) in [4.78, 5) is 25.9. The van der Waals surface area contributed by atoms with Crippen molar-refractivity contribution in [1.29, 1.82) is 0 Å². The van der Waals surface area contributed by atoms with E-state index in [1.807, 2.05) is 0 Å². The first kappa shape index (κ1) is 51.1. The number of rotatable bonds is 40. The van der Waals surface area contributed by atoms with E-state index in [1.165, 1.54) is 96.3 Å². The van der Waals surface area contributed by atoms with Crippen LogP contribution in [0.5, 0.6) is 0 Å². The number of aliphatic hydroxyl groups excluding tert-OH is 2. The van der Waals surface area contributed by atoms with Crippen LogP contribution < -0.4 is 5.32 Å². The normalized spacial score (nSPS) is 13.7. The number of carbonyl (C=O) groups is 2. The predicted octanol–water partition coefficient (Wildman–Crippen LogP) is 12.9. The van der Waals surface area contributed by atoms with E-state index in [1.54, 1.807) is 0 Å². The maximum atomic E-state index is 13.1. The summed E-state index contributed by atoms with van der Waals surface area (Å²) < 4.78 is 5.87. The smallest absolute Gasteiger partial charge is 0.306 e. The molecule has 0 saturated carbocycles. The minimum absolute atomic E-state index is 0.0737. The number of aliphatic hydroxyl groups is 2. The van der Waals surface area contributed by atoms with Crippen molar-refractivity contribution in [2.24, 2.45) is 0 Å². The maximum absolute atomic E-state index is 13.1. The molecule has 0 aliphatic heterocycles. The van der Waals surface area contributed by atoms with Gasteiger partial charge < -0.3 is 20.3 Å². The molecular weight excluding hydrogens is 659 g/mol. The van der Waals surface area contributed by atoms with Crippen molar-refractivity contribution < 1.29 is 24.5 Å². The van der Waals surface area contributed by atoms with Gasteiger partial charge in [-0.1, -0.05) is 192 Å². The fourth-order valence-corrected chi connectivity index (χ4v) is 6.80. The molecule has 0 rings (SSSR count). The predicted molar refractivity (Wildman–Crippen MR) is 227 cm³/mol. The van der Waals surface area contributed by atoms with Gasteiger partial charge in [-0.15, -0.1) is 0 Å². The number of hydrogen-bond acceptors (Lipinski definition) is 5. The number of carbonyl (C=O) groups excluding carboxylic acids is 2. The molecule has 0 saturated heterocycles. The maximum Gasteiger partial charge on any atom is 0.306 e. The van der Waals surface area contributed by atoms with Crippen molar-refractivity contribution in [2.75, 3.05) is 6.61 Å². The van der Waals surface area contributed by atoms with Crippen LogP contribution in [0.3, 0.4) is 0 Å². The van der Waals surface area contributed by atoms with Gasteiger partial charge in [-0.3, -0.25) is 9.59 Å². The summed E-state index contributed by atoms with van der Waals surface area (Å²) in [5.74, 6) is -0.490. The van der Waals surface area contributed by atoms with E-state index < -0.39 is 18.2 Å². The number of amides is 1. The van der Waals surface area contributed by atoms with E-state index in [2.05, 4.69) is 62.5 Å². The Kier molecular flexibility index (Phi) is 39.8. The minimum atomic E-state index is -0.784. The molecule has 1 amide bonds. The second-order valence-corrected chi connectivity index (χ2v) is 15.4. The molecule has 6 heteroatoms. The van der Waals surface area contributed by atoms with Gasteiger partial charge in [0.2, 0.25) is 5.91 Å². The number of hydrogen-bond donors (Lipinski definition) is 3. The van der Waals surface area contributed by atoms with Crippen LogP contribution in [0, 0.1) is 0 Å². The molecule has 0 heterocycles. The number of esters is 1. The van der Waals surface area contributed by atoms with Gasteiger partial charge in [-0.2, -0.15) is 0 Å². The van der Waals surface area contributed by atoms with E-state index in [0.717, 1.165) is 83.5 Å². The van der Waals surface area contributed by atoms with Gasteiger partial charge in [0.05, 0.1) is 25.2 Å². The molecule has 0 aromatic heterocycles. The van der Waals surface area contributed by atoms with E-state index in [9.17, 15) is 19.8 Å². The second kappa shape index (κ2) is 41.2. The minimum Gasteiger partial charge on any atom is -0.462 e. The molecule has 310 valence electrons. The SMILES string of the molecule is CC/C=C/C/C=C/C/C=C/CCCCCCCCC(=O)OC(CCCCCCCCC)CC(=O)NC(CO)C(O)CCCCCCCCCCCCC. The summed E-state index contributed by atoms with van der Waals surface area (Å²) in [5.41, 5.74) is 0. The zero-order valence-electron chi connectivity index (χ0n) is 35.1. The third-order valence-corrected chi connectivity index (χ3v) is 10.2. The average Bonchev–Trinajstić information content (AvgIpc) is 3.15. The fraction of sp³-hybridized carbons (Fsp3) is 0.830. The molecule has 53 heavy (non-hydrogen) atoms. The highest BCUT2D eigenvalue weighted by molar-refractivity contribution is 5.77. The van der Waals surface area contributed by atoms with Crippen LogP contribution in [0.2, 0.25) is 0 Å². The molecule has 0 radical (unpaired) electrons. The summed E-state index contributed by atoms with van der Waals surface area (Å²) in [7, 11) is 0. The number of allylic oxidation sites excluding steroid dienone is 6. The average molecular weight is 746 g/mol. The second-order valence-electron chi connectivity index (χ2n) is 15.4. The summed E-state index contributed by atoms with van der Waals surface area (Å²) >= 11 is 0. The quantitative estimate of drug-likeness (QED) is 0.0330. The lowest BCUT2D eigenvalue weighted by Crippen LogP contribution is -2.46. The highest BCUT2D eigenvalue weighted by Crippen LogP contribution is 2.17. The first-order valence-electron chi connectivity index (χ1n) is 22.7. The van der Waals surface area contributed by atoms with Gasteiger partial charge >= 0.3 is 5.97 Å². The van der Waals surface area contributed by atoms with E-state index >= 15 is 0 Å². The lowest BCUT2D eigenvalue weighted by atomic mass is 10.0. The molecule has 0 aliphatic rings. The molecule has 0 aromatic carbocycles. The Hall–Kier alpha value is -1.92. The largest absolute Gasteiger partial charge is 0.462 e. The Bertz CT molecular complexity index is 884. The highest BCUT2D eigenvalue weighted by atomic mass is 16.5. The van der Waals surface area contributed by atoms with Crippen LogP contribution in [0.15, 0.2) is 36.5 Å². The topological polar surface area (TPSA) is 95.9 Å². The third kappa shape index (κ3) is 36.8. The zero-order valence-corrected chi connectivity index (χ0v) is 35.1. The fourth-order valence-electron chi connectivity index (χ4n) is 6.80. The van der Waals surface area contributed by atoms with Gasteiger partial charge in [0.25, 0.3) is 0 Å². The lowest BCUT2D eigenvalue weighted by Gasteiger charge is -2.24. The van der Waals surface area contributed by atoms with Crippen LogP contribution >= 0.6 is 0 Å². The molecule has 0 aliphatic carbocycles. The number of ether oxygens (including phenoxy) is 1. The molecular formula is C47H87NO5. The van der Waals surface area contributed by atoms with Crippen molar-refractivity contribution in [3.05, 3.63) is 36.5 Å². The summed E-state index contributed by atoms with van der Waals surface area (Å²) in [6.45, 7) is 6.32. The van der Waals surface area contributed by atoms with Gasteiger partial charge in [0, 0.05) is 6.42 Å². The molecule has 6 nitrogen and oxygen atoms in total. The molecule has 0 bridgehead atoms. The van der Waals surface area contributed by atoms with Crippen LogP contribution in [0.4, 0.5) is 0 Å². The first-order chi connectivity index (χ1) is 26.0. The van der Waals surface area contributed by atoms with Crippen molar-refractivity contribution in [3.8, 4) is 0 Å². The Balaban J connectivity index is 4.44. The highest BCUT2D eigenvalue weighted by Gasteiger charge is 2.24. The Morgan fingerprint density at radius 3 is 1.55 bits per heavy atom. The van der Waals surface area contributed by atoms with Crippen molar-refractivity contribution >= 4 is 11.9 Å². The van der Waals surface area contributed by atoms with Crippen molar-refractivity contribution in [2.45, 2.75) is 244 Å². The molecule has 3 atom stereocenters. The first-order valence-corrected chi connectivity index (χ1v) is 22.7. The molecule has 0 spiro atoms. The summed E-state index contributed by atoms with van der Waals surface area (Å²) in [6.07, 6.45) is 46.4. The van der Waals surface area contributed by atoms with Crippen LogP contribution in [0.1, 0.15) is 226 Å². The standard InChI is InChI=1S/C47H87NO5/c1-4-7-10-13-16-18-20-21-22-23-24-26-28-31-34-37-40-47(52)53-43(38-35-32-29-15-12-9-6-3)41-46(51)48-44(42-49)45(50)39-36-33-30-27-25-19-17-14-11-8-5-2/h7,10,16,18,21-22,43-45,49-50H,4-6,8-9,11-15,17,19-20,23-42H2,1-3H3,(H,48,51)/b10-7+,18-16+,22-21+. The van der Waals surface area contributed by atoms with Crippen LogP contribution in [-0.4, -0.2) is 46.9 Å². The lowest BCUT2D eigenvalue weighted by molar-refractivity contribution is -0.151. The summed E-state index contributed by atoms with van der Waals surface area (Å²) in [6, 6.07) is -0.698. The molecule has 3 N–H and O–H groups in total. The summed E-state index contributed by atoms with van der Waals surface area (Å²) in [5, 5.41) is 23.6. The van der Waals surface area contributed by atoms with Crippen molar-refractivity contribution in [1.82, 2.24) is 5.32 Å². The van der Waals surface area contributed by atoms with E-state index in [0.29, 0.717) is 19.3 Å². The van der Waals surface area contributed by atoms with Gasteiger partial charge in [-0.25, -0.2) is 0 Å². The van der Waals surface area contributed by atoms with E-state index in [-0.39, 0.29) is 24.9 Å². The van der Waals surface area contributed by atoms with Crippen molar-refractivity contribution in [3.63, 3.8) is 0 Å². The Morgan fingerprint density at radius 2 is 1.02 bits per heavy atom. The zero-order chi connectivity index (χ0) is 38.9. The van der Waals surface area contributed by atoms with Crippen LogP contribution in [0.25, 0.3) is 0 Å². The molecule has 0 aromatic rings. The number of unbranched alkanes of at least 4 members (excludes halogenated alkanes) is 22. The Morgan fingerprint density at radius 1 is 0.566 bits per heavy atom. The Labute approximate surface area is 328 Å². The molecule has 3 unspecified atom stereocenters. The van der Waals surface area contributed by atoms with Crippen LogP contribution in [-0.2, 0) is 14.3 Å². The van der Waals surface area contributed by atoms with Gasteiger partial charge in [0.15, 0.2) is 0 Å². The van der Waals surface area contributed by atoms with Gasteiger partial charge in [0.1, 0.15) is 6.10 Å². The van der Waals surface area contributed by atoms with Gasteiger partial charge in [-0.05, 0) is 57.8 Å². The van der Waals surface area contributed by atoms with E-state index in [4.69, 9.17) is 4.74 Å². The monoisotopic (exact) mass is 746 g/mol. The number of nitrogens with one attached hydrogen (secondary N) is 1. The third-order valence-electron chi connectivity index (χ3n) is 10.2.